The van der Waals surface area contributed by atoms with Gasteiger partial charge in [-0.15, -0.1) is 0 Å². The number of piperidine rings is 1. The lowest BCUT2D eigenvalue weighted by atomic mass is 9.79. The highest BCUT2D eigenvalue weighted by molar-refractivity contribution is 5.76. The van der Waals surface area contributed by atoms with Gasteiger partial charge in [0, 0.05) is 31.5 Å². The topological polar surface area (TPSA) is 74.0 Å². The van der Waals surface area contributed by atoms with E-state index in [2.05, 4.69) is 30.9 Å². The van der Waals surface area contributed by atoms with Crippen LogP contribution in [0, 0.1) is 17.8 Å². The highest BCUT2D eigenvalue weighted by Crippen LogP contribution is 2.44. The lowest BCUT2D eigenvalue weighted by molar-refractivity contribution is -0.160. The second-order valence-electron chi connectivity index (χ2n) is 9.54. The van der Waals surface area contributed by atoms with Gasteiger partial charge < -0.3 is 19.9 Å². The van der Waals surface area contributed by atoms with Gasteiger partial charge in [-0.1, -0.05) is 27.7 Å². The molecule has 6 heteroatoms. The minimum Gasteiger partial charge on any atom is -0.493 e. The molecule has 4 atom stereocenters. The van der Waals surface area contributed by atoms with Crippen molar-refractivity contribution in [1.29, 1.82) is 0 Å². The summed E-state index contributed by atoms with van der Waals surface area (Å²) < 4.78 is 17.1. The molecule has 6 nitrogen and oxygen atoms in total. The van der Waals surface area contributed by atoms with Crippen LogP contribution >= 0.6 is 0 Å². The van der Waals surface area contributed by atoms with E-state index in [9.17, 15) is 4.79 Å². The number of nitrogens with two attached hydrogens (primary N) is 1. The zero-order valence-corrected chi connectivity index (χ0v) is 19.3. The Bertz CT molecular complexity index is 749. The molecule has 1 saturated heterocycles. The number of rotatable bonds is 7. The summed E-state index contributed by atoms with van der Waals surface area (Å²) in [6.45, 7) is 10.3. The number of methoxy groups -OCH3 is 2. The Hall–Kier alpha value is -1.79. The van der Waals surface area contributed by atoms with E-state index in [1.807, 2.05) is 13.8 Å². The Labute approximate surface area is 181 Å². The van der Waals surface area contributed by atoms with Crippen molar-refractivity contribution in [3.8, 4) is 11.5 Å². The Morgan fingerprint density at radius 2 is 1.83 bits per heavy atom. The molecule has 0 aliphatic carbocycles. The van der Waals surface area contributed by atoms with E-state index in [4.69, 9.17) is 19.9 Å². The SMILES string of the molecule is COc1cc2c(cc1OC)[C@@H]1C[C@H](OC(=O)[C@H](N)C(C)C)[C@H](CC(C)C)CN1CC2. The zero-order chi connectivity index (χ0) is 22.0. The number of hydrogen-bond acceptors (Lipinski definition) is 6. The van der Waals surface area contributed by atoms with Crippen molar-refractivity contribution in [2.45, 2.75) is 65.1 Å². The predicted octanol–water partition coefficient (Wildman–Crippen LogP) is 3.56. The lowest BCUT2D eigenvalue weighted by Crippen LogP contribution is -2.51. The minimum absolute atomic E-state index is 0.0632. The number of hydrogen-bond donors (Lipinski definition) is 1. The fraction of sp³-hybridized carbons (Fsp3) is 0.708. The first-order valence-electron chi connectivity index (χ1n) is 11.2. The molecule has 2 heterocycles. The average molecular weight is 419 g/mol. The molecule has 30 heavy (non-hydrogen) atoms. The van der Waals surface area contributed by atoms with Crippen molar-refractivity contribution in [2.75, 3.05) is 27.3 Å². The molecule has 1 aromatic carbocycles. The van der Waals surface area contributed by atoms with Crippen molar-refractivity contribution in [2.24, 2.45) is 23.5 Å². The zero-order valence-electron chi connectivity index (χ0n) is 19.3. The predicted molar refractivity (Wildman–Crippen MR) is 118 cm³/mol. The van der Waals surface area contributed by atoms with E-state index < -0.39 is 6.04 Å². The van der Waals surface area contributed by atoms with Crippen LogP contribution in [0.3, 0.4) is 0 Å². The highest BCUT2D eigenvalue weighted by Gasteiger charge is 2.41. The molecule has 2 aliphatic heterocycles. The molecule has 0 unspecified atom stereocenters. The third-order valence-electron chi connectivity index (χ3n) is 6.60. The van der Waals surface area contributed by atoms with Crippen LogP contribution in [-0.4, -0.2) is 50.3 Å². The van der Waals surface area contributed by atoms with Gasteiger partial charge in [-0.25, -0.2) is 0 Å². The van der Waals surface area contributed by atoms with Crippen LogP contribution in [-0.2, 0) is 16.0 Å². The maximum absolute atomic E-state index is 12.7. The number of esters is 1. The van der Waals surface area contributed by atoms with E-state index in [1.165, 1.54) is 11.1 Å². The normalized spacial score (nSPS) is 24.9. The molecule has 0 aromatic heterocycles. The summed E-state index contributed by atoms with van der Waals surface area (Å²) in [6.07, 6.45) is 2.70. The second-order valence-corrected chi connectivity index (χ2v) is 9.54. The maximum Gasteiger partial charge on any atom is 0.323 e. The first-order chi connectivity index (χ1) is 14.2. The quantitative estimate of drug-likeness (QED) is 0.683. The summed E-state index contributed by atoms with van der Waals surface area (Å²) in [5, 5.41) is 0. The van der Waals surface area contributed by atoms with Crippen LogP contribution in [0.1, 0.15) is 57.7 Å². The van der Waals surface area contributed by atoms with Gasteiger partial charge in [0.25, 0.3) is 0 Å². The second kappa shape index (κ2) is 9.56. The summed E-state index contributed by atoms with van der Waals surface area (Å²) in [4.78, 5) is 15.2. The van der Waals surface area contributed by atoms with Crippen molar-refractivity contribution in [3.63, 3.8) is 0 Å². The lowest BCUT2D eigenvalue weighted by Gasteiger charge is -2.47. The van der Waals surface area contributed by atoms with Gasteiger partial charge in [0.1, 0.15) is 12.1 Å². The van der Waals surface area contributed by atoms with E-state index >= 15 is 0 Å². The molecule has 0 saturated carbocycles. The van der Waals surface area contributed by atoms with Gasteiger partial charge in [-0.2, -0.15) is 0 Å². The third kappa shape index (κ3) is 4.75. The smallest absolute Gasteiger partial charge is 0.323 e. The summed E-state index contributed by atoms with van der Waals surface area (Å²) in [6, 6.07) is 3.84. The van der Waals surface area contributed by atoms with Crippen LogP contribution in [0.25, 0.3) is 0 Å². The third-order valence-corrected chi connectivity index (χ3v) is 6.60. The summed E-state index contributed by atoms with van der Waals surface area (Å²) in [7, 11) is 3.34. The average Bonchev–Trinajstić information content (AvgIpc) is 2.71. The van der Waals surface area contributed by atoms with Crippen molar-refractivity contribution >= 4 is 5.97 Å². The molecular formula is C24H38N2O4. The number of ether oxygens (including phenoxy) is 3. The van der Waals surface area contributed by atoms with Crippen molar-refractivity contribution in [3.05, 3.63) is 23.3 Å². The van der Waals surface area contributed by atoms with Crippen LogP contribution in [0.4, 0.5) is 0 Å². The first-order valence-corrected chi connectivity index (χ1v) is 11.2. The van der Waals surface area contributed by atoms with E-state index in [1.54, 1.807) is 14.2 Å². The molecule has 2 N–H and O–H groups in total. The van der Waals surface area contributed by atoms with E-state index in [-0.39, 0.29) is 24.0 Å². The standard InChI is InChI=1S/C24H38N2O4/c1-14(2)9-17-13-26-8-7-16-10-21(28-5)22(29-6)11-18(16)19(26)12-20(17)30-24(27)23(25)15(3)4/h10-11,14-15,17,19-20,23H,7-9,12-13,25H2,1-6H3/t17-,19+,20+,23-/m1/s1. The Morgan fingerprint density at radius 1 is 1.17 bits per heavy atom. The van der Waals surface area contributed by atoms with Gasteiger partial charge in [-0.3, -0.25) is 9.69 Å². The summed E-state index contributed by atoms with van der Waals surface area (Å²) in [5.41, 5.74) is 8.64. The number of benzene rings is 1. The van der Waals surface area contributed by atoms with E-state index in [0.29, 0.717) is 11.8 Å². The van der Waals surface area contributed by atoms with Gasteiger partial charge in [0.15, 0.2) is 11.5 Å². The fourth-order valence-corrected chi connectivity index (χ4v) is 4.88. The molecule has 0 bridgehead atoms. The summed E-state index contributed by atoms with van der Waals surface area (Å²) in [5.74, 6) is 2.18. The van der Waals surface area contributed by atoms with Gasteiger partial charge in [0.2, 0.25) is 0 Å². The highest BCUT2D eigenvalue weighted by atomic mass is 16.5. The maximum atomic E-state index is 12.7. The Kier molecular flexibility index (Phi) is 7.30. The Morgan fingerprint density at radius 3 is 2.43 bits per heavy atom. The summed E-state index contributed by atoms with van der Waals surface area (Å²) >= 11 is 0. The number of carbonyl (C=O) groups is 1. The molecule has 168 valence electrons. The molecule has 0 amide bonds. The van der Waals surface area contributed by atoms with E-state index in [0.717, 1.165) is 43.9 Å². The monoisotopic (exact) mass is 418 g/mol. The number of fused-ring (bicyclic) bond motifs is 3. The first kappa shape index (κ1) is 22.9. The number of nitrogens with zero attached hydrogens (tertiary/aromatic N) is 1. The van der Waals surface area contributed by atoms with Crippen LogP contribution in [0.2, 0.25) is 0 Å². The molecule has 1 fully saturated rings. The number of carbonyl (C=O) groups excluding carboxylic acids is 1. The van der Waals surface area contributed by atoms with Crippen molar-refractivity contribution < 1.29 is 19.0 Å². The van der Waals surface area contributed by atoms with Crippen LogP contribution < -0.4 is 15.2 Å². The minimum atomic E-state index is -0.578. The molecule has 3 rings (SSSR count). The molecule has 0 spiro atoms. The largest absolute Gasteiger partial charge is 0.493 e. The van der Waals surface area contributed by atoms with Crippen LogP contribution in [0.15, 0.2) is 12.1 Å². The molecule has 0 radical (unpaired) electrons. The van der Waals surface area contributed by atoms with Gasteiger partial charge in [-0.05, 0) is 47.9 Å². The molecule has 2 aliphatic rings. The Balaban J connectivity index is 1.88. The fourth-order valence-electron chi connectivity index (χ4n) is 4.88. The van der Waals surface area contributed by atoms with Gasteiger partial charge >= 0.3 is 5.97 Å². The van der Waals surface area contributed by atoms with Gasteiger partial charge in [0.05, 0.1) is 14.2 Å². The molecule has 1 aromatic rings. The van der Waals surface area contributed by atoms with Crippen molar-refractivity contribution in [1.82, 2.24) is 4.90 Å². The molecular weight excluding hydrogens is 380 g/mol. The van der Waals surface area contributed by atoms with Crippen LogP contribution in [0.5, 0.6) is 11.5 Å².